The number of benzene rings is 1. The molecule has 2 rings (SSSR count). The van der Waals surface area contributed by atoms with E-state index in [1.165, 1.54) is 6.92 Å². The molecule has 0 aromatic heterocycles. The van der Waals surface area contributed by atoms with E-state index in [2.05, 4.69) is 16.7 Å². The Hall–Kier alpha value is -1.10. The van der Waals surface area contributed by atoms with Crippen LogP contribution in [-0.4, -0.2) is 32.1 Å². The van der Waals surface area contributed by atoms with Gasteiger partial charge in [0.15, 0.2) is 0 Å². The van der Waals surface area contributed by atoms with Crippen molar-refractivity contribution in [2.24, 2.45) is 5.92 Å². The van der Waals surface area contributed by atoms with Gasteiger partial charge in [-0.1, -0.05) is 23.7 Å². The molecule has 0 radical (unpaired) electrons. The summed E-state index contributed by atoms with van der Waals surface area (Å²) in [5.41, 5.74) is 2.13. The molecule has 1 saturated heterocycles. The summed E-state index contributed by atoms with van der Waals surface area (Å²) < 4.78 is 5.96. The second-order valence-corrected chi connectivity index (χ2v) is 5.61. The minimum atomic E-state index is -0.0463. The molecule has 1 aliphatic rings. The Kier molecular flexibility index (Phi) is 5.40. The van der Waals surface area contributed by atoms with Crippen LogP contribution in [0.5, 0.6) is 0 Å². The van der Waals surface area contributed by atoms with E-state index < -0.39 is 0 Å². The van der Waals surface area contributed by atoms with Crippen molar-refractivity contribution in [2.45, 2.75) is 20.0 Å². The van der Waals surface area contributed by atoms with Crippen LogP contribution in [0.2, 0.25) is 5.02 Å². The molecule has 110 valence electrons. The van der Waals surface area contributed by atoms with E-state index in [-0.39, 0.29) is 17.9 Å². The van der Waals surface area contributed by atoms with E-state index in [9.17, 15) is 4.79 Å². The standard InChI is InChI=1S/C15H21ClN2O2/c1-10-3-4-12(7-14(10)16)15-13(9-18-11(2)19)8-17-5-6-20-15/h3-4,7,13,15,17H,5-6,8-9H2,1-2H3,(H,18,19). The number of amides is 1. The first-order valence-corrected chi connectivity index (χ1v) is 7.28. The Bertz CT molecular complexity index is 479. The molecular formula is C15H21ClN2O2. The third-order valence-electron chi connectivity index (χ3n) is 3.55. The lowest BCUT2D eigenvalue weighted by Gasteiger charge is -2.25. The Morgan fingerprint density at radius 1 is 1.55 bits per heavy atom. The van der Waals surface area contributed by atoms with Crippen LogP contribution in [0.15, 0.2) is 18.2 Å². The summed E-state index contributed by atoms with van der Waals surface area (Å²) in [6.45, 7) is 6.41. The van der Waals surface area contributed by atoms with Crippen molar-refractivity contribution in [1.82, 2.24) is 10.6 Å². The van der Waals surface area contributed by atoms with E-state index in [1.807, 2.05) is 19.1 Å². The highest BCUT2D eigenvalue weighted by Crippen LogP contribution is 2.30. The third kappa shape index (κ3) is 3.95. The van der Waals surface area contributed by atoms with Gasteiger partial charge in [0.1, 0.15) is 0 Å². The first-order valence-electron chi connectivity index (χ1n) is 6.90. The second-order valence-electron chi connectivity index (χ2n) is 5.20. The minimum absolute atomic E-state index is 0.0186. The molecule has 20 heavy (non-hydrogen) atoms. The molecule has 2 unspecified atom stereocenters. The molecule has 0 saturated carbocycles. The Morgan fingerprint density at radius 3 is 3.05 bits per heavy atom. The maximum Gasteiger partial charge on any atom is 0.216 e. The summed E-state index contributed by atoms with van der Waals surface area (Å²) >= 11 is 6.21. The van der Waals surface area contributed by atoms with Gasteiger partial charge in [-0.3, -0.25) is 4.79 Å². The van der Waals surface area contributed by atoms with Crippen LogP contribution < -0.4 is 10.6 Å². The van der Waals surface area contributed by atoms with Crippen LogP contribution in [0.3, 0.4) is 0 Å². The van der Waals surface area contributed by atoms with Crippen molar-refractivity contribution in [3.8, 4) is 0 Å². The summed E-state index contributed by atoms with van der Waals surface area (Å²) in [5, 5.41) is 6.97. The second kappa shape index (κ2) is 7.07. The Morgan fingerprint density at radius 2 is 2.35 bits per heavy atom. The summed E-state index contributed by atoms with van der Waals surface area (Å²) in [4.78, 5) is 11.1. The molecular weight excluding hydrogens is 276 g/mol. The lowest BCUT2D eigenvalue weighted by atomic mass is 9.94. The number of rotatable bonds is 3. The van der Waals surface area contributed by atoms with Gasteiger partial charge >= 0.3 is 0 Å². The molecule has 5 heteroatoms. The van der Waals surface area contributed by atoms with Crippen molar-refractivity contribution in [2.75, 3.05) is 26.2 Å². The number of aryl methyl sites for hydroxylation is 1. The van der Waals surface area contributed by atoms with Gasteiger partial charge in [0.25, 0.3) is 0 Å². The monoisotopic (exact) mass is 296 g/mol. The van der Waals surface area contributed by atoms with Crippen molar-refractivity contribution in [3.05, 3.63) is 34.3 Å². The molecule has 1 heterocycles. The average molecular weight is 297 g/mol. The molecule has 1 aliphatic heterocycles. The number of carbonyl (C=O) groups is 1. The van der Waals surface area contributed by atoms with E-state index in [4.69, 9.17) is 16.3 Å². The SMILES string of the molecule is CC(=O)NCC1CNCCOC1c1ccc(C)c(Cl)c1. The lowest BCUT2D eigenvalue weighted by Crippen LogP contribution is -2.35. The average Bonchev–Trinajstić information content (AvgIpc) is 2.65. The topological polar surface area (TPSA) is 50.4 Å². The van der Waals surface area contributed by atoms with Gasteiger partial charge in [-0.2, -0.15) is 0 Å². The molecule has 0 bridgehead atoms. The molecule has 1 aromatic rings. The molecule has 2 N–H and O–H groups in total. The molecule has 4 nitrogen and oxygen atoms in total. The quantitative estimate of drug-likeness (QED) is 0.898. The highest BCUT2D eigenvalue weighted by molar-refractivity contribution is 6.31. The van der Waals surface area contributed by atoms with Crippen LogP contribution in [0.4, 0.5) is 0 Å². The van der Waals surface area contributed by atoms with Crippen LogP contribution in [-0.2, 0) is 9.53 Å². The van der Waals surface area contributed by atoms with Gasteiger partial charge in [-0.15, -0.1) is 0 Å². The zero-order valence-electron chi connectivity index (χ0n) is 11.9. The molecule has 1 aromatic carbocycles. The zero-order chi connectivity index (χ0) is 14.5. The van der Waals surface area contributed by atoms with Gasteiger partial charge in [-0.25, -0.2) is 0 Å². The highest BCUT2D eigenvalue weighted by Gasteiger charge is 2.26. The van der Waals surface area contributed by atoms with Crippen molar-refractivity contribution >= 4 is 17.5 Å². The van der Waals surface area contributed by atoms with Crippen molar-refractivity contribution < 1.29 is 9.53 Å². The van der Waals surface area contributed by atoms with Gasteiger partial charge < -0.3 is 15.4 Å². The largest absolute Gasteiger partial charge is 0.372 e. The smallest absolute Gasteiger partial charge is 0.216 e. The summed E-state index contributed by atoms with van der Waals surface area (Å²) in [7, 11) is 0. The number of hydrogen-bond donors (Lipinski definition) is 2. The first-order chi connectivity index (χ1) is 9.58. The first kappa shape index (κ1) is 15.3. The van der Waals surface area contributed by atoms with Crippen LogP contribution in [0, 0.1) is 12.8 Å². The van der Waals surface area contributed by atoms with E-state index in [0.29, 0.717) is 13.2 Å². The fourth-order valence-electron chi connectivity index (χ4n) is 2.40. The normalized spacial score (nSPS) is 23.1. The van der Waals surface area contributed by atoms with Gasteiger partial charge in [0, 0.05) is 37.5 Å². The van der Waals surface area contributed by atoms with E-state index in [1.54, 1.807) is 0 Å². The molecule has 1 amide bonds. The van der Waals surface area contributed by atoms with Crippen LogP contribution in [0.1, 0.15) is 24.2 Å². The maximum absolute atomic E-state index is 11.1. The molecule has 0 aliphatic carbocycles. The number of hydrogen-bond acceptors (Lipinski definition) is 3. The predicted octanol–water partition coefficient (Wildman–Crippen LogP) is 2.06. The predicted molar refractivity (Wildman–Crippen MR) is 79.9 cm³/mol. The van der Waals surface area contributed by atoms with Crippen LogP contribution in [0.25, 0.3) is 0 Å². The number of ether oxygens (including phenoxy) is 1. The summed E-state index contributed by atoms with van der Waals surface area (Å²) in [5.74, 6) is 0.176. The van der Waals surface area contributed by atoms with E-state index >= 15 is 0 Å². The number of carbonyl (C=O) groups excluding carboxylic acids is 1. The highest BCUT2D eigenvalue weighted by atomic mass is 35.5. The van der Waals surface area contributed by atoms with Gasteiger partial charge in [-0.05, 0) is 24.1 Å². The summed E-state index contributed by atoms with van der Waals surface area (Å²) in [6, 6.07) is 6.03. The minimum Gasteiger partial charge on any atom is -0.372 e. The van der Waals surface area contributed by atoms with Gasteiger partial charge in [0.2, 0.25) is 5.91 Å². The molecule has 0 spiro atoms. The molecule has 1 fully saturated rings. The fraction of sp³-hybridized carbons (Fsp3) is 0.533. The maximum atomic E-state index is 11.1. The third-order valence-corrected chi connectivity index (χ3v) is 3.96. The lowest BCUT2D eigenvalue weighted by molar-refractivity contribution is -0.119. The van der Waals surface area contributed by atoms with Crippen molar-refractivity contribution in [3.63, 3.8) is 0 Å². The van der Waals surface area contributed by atoms with Crippen molar-refractivity contribution in [1.29, 1.82) is 0 Å². The molecule has 2 atom stereocenters. The van der Waals surface area contributed by atoms with Crippen LogP contribution >= 0.6 is 11.6 Å². The fourth-order valence-corrected chi connectivity index (χ4v) is 2.59. The Balaban J connectivity index is 2.18. The number of halogens is 1. The number of nitrogens with one attached hydrogen (secondary N) is 2. The Labute approximate surface area is 124 Å². The van der Waals surface area contributed by atoms with Gasteiger partial charge in [0.05, 0.1) is 12.7 Å². The summed E-state index contributed by atoms with van der Waals surface area (Å²) in [6.07, 6.45) is -0.0463. The zero-order valence-corrected chi connectivity index (χ0v) is 12.7. The van der Waals surface area contributed by atoms with E-state index in [0.717, 1.165) is 29.2 Å².